The lowest BCUT2D eigenvalue weighted by Crippen LogP contribution is -2.12. The second kappa shape index (κ2) is 19.1. The van der Waals surface area contributed by atoms with Crippen LogP contribution in [-0.2, 0) is 34.2 Å². The van der Waals surface area contributed by atoms with Crippen molar-refractivity contribution in [2.75, 3.05) is 24.9 Å². The quantitative estimate of drug-likeness (QED) is 0.119. The first kappa shape index (κ1) is 45.6. The Kier molecular flexibility index (Phi) is 15.9. The van der Waals surface area contributed by atoms with Crippen LogP contribution in [0.3, 0.4) is 0 Å². The third-order valence-corrected chi connectivity index (χ3v) is 7.27. The number of ether oxygens (including phenoxy) is 2. The fourth-order valence-corrected chi connectivity index (χ4v) is 4.31. The van der Waals surface area contributed by atoms with E-state index in [0.29, 0.717) is 24.3 Å². The number of halogens is 13. The van der Waals surface area contributed by atoms with E-state index in [1.54, 1.807) is 18.1 Å². The molecule has 0 bridgehead atoms. The number of hydrogen-bond acceptors (Lipinski definition) is 4. The predicted molar refractivity (Wildman–Crippen MR) is 184 cm³/mol. The molecule has 0 heterocycles. The zero-order valence-corrected chi connectivity index (χ0v) is 29.9. The first-order chi connectivity index (χ1) is 25.4. The molecule has 55 heavy (non-hydrogen) atoms. The molecule has 292 valence electrons. The Labute approximate surface area is 318 Å². The van der Waals surface area contributed by atoms with Gasteiger partial charge in [0.1, 0.15) is 0 Å². The highest BCUT2D eigenvalue weighted by molar-refractivity contribution is 14.1. The van der Waals surface area contributed by atoms with Gasteiger partial charge in [-0.15, -0.1) is 6.42 Å². The minimum Gasteiger partial charge on any atom is -0.453 e. The number of terminal acetylenes is 1. The molecule has 0 aliphatic carbocycles. The van der Waals surface area contributed by atoms with Gasteiger partial charge in [-0.2, -0.15) is 52.7 Å². The molecule has 4 rings (SSSR count). The SMILES string of the molecule is C#Cc1cc(C(F)(F)F)cc(C(F)(F)F)c1.COC(=O)Nc1ccccc1C#Cc1cc(C(F)(F)F)cc(C(F)(F)F)c1.COC(=O)Nc1ccccc1I. The molecule has 0 saturated heterocycles. The number of nitrogens with one attached hydrogen (secondary N) is 2. The van der Waals surface area contributed by atoms with Crippen molar-refractivity contribution in [3.8, 4) is 24.2 Å². The number of benzene rings is 4. The van der Waals surface area contributed by atoms with Gasteiger partial charge in [-0.25, -0.2) is 9.59 Å². The monoisotopic (exact) mass is 902 g/mol. The highest BCUT2D eigenvalue weighted by Gasteiger charge is 2.38. The number of carbonyl (C=O) groups is 2. The number of anilines is 2. The molecule has 4 aromatic rings. The molecule has 2 N–H and O–H groups in total. The standard InChI is InChI=1S/C18H11F6NO2.C10H4F6.C8H8INO2/c1-27-16(26)25-15-5-3-2-4-12(15)7-6-11-8-13(17(19,20)21)10-14(9-11)18(22,23)24;1-2-6-3-7(9(11,12)13)5-8(4-6)10(14,15)16;1-12-8(11)10-7-5-3-2-4-6(7)9/h2-5,8-10H,1H3,(H,25,26);1,3-5H;2-5H,1H3,(H,10,11). The number of carbonyl (C=O) groups excluding carboxylic acids is 2. The van der Waals surface area contributed by atoms with Crippen molar-refractivity contribution in [1.29, 1.82) is 0 Å². The molecular weight excluding hydrogens is 879 g/mol. The van der Waals surface area contributed by atoms with Crippen LogP contribution in [0.25, 0.3) is 0 Å². The van der Waals surface area contributed by atoms with Crippen molar-refractivity contribution in [2.24, 2.45) is 0 Å². The van der Waals surface area contributed by atoms with Gasteiger partial charge in [0.2, 0.25) is 0 Å². The molecule has 0 aliphatic rings. The Morgan fingerprint density at radius 3 is 1.31 bits per heavy atom. The van der Waals surface area contributed by atoms with Crippen molar-refractivity contribution in [3.05, 3.63) is 127 Å². The van der Waals surface area contributed by atoms with Gasteiger partial charge < -0.3 is 9.47 Å². The lowest BCUT2D eigenvalue weighted by molar-refractivity contribution is -0.144. The van der Waals surface area contributed by atoms with Crippen LogP contribution in [0.4, 0.5) is 73.6 Å². The maximum absolute atomic E-state index is 12.9. The Morgan fingerprint density at radius 2 is 0.927 bits per heavy atom. The number of hydrogen-bond donors (Lipinski definition) is 2. The van der Waals surface area contributed by atoms with Crippen LogP contribution in [0.5, 0.6) is 0 Å². The molecule has 0 aliphatic heterocycles. The van der Waals surface area contributed by atoms with Crippen molar-refractivity contribution in [2.45, 2.75) is 24.7 Å². The van der Waals surface area contributed by atoms with E-state index in [0.717, 1.165) is 16.4 Å². The van der Waals surface area contributed by atoms with Gasteiger partial charge in [0.15, 0.2) is 0 Å². The number of alkyl halides is 12. The minimum atomic E-state index is -4.96. The zero-order valence-electron chi connectivity index (χ0n) is 27.7. The molecule has 0 fully saturated rings. The Hall–Kier alpha value is -5.57. The first-order valence-corrected chi connectivity index (χ1v) is 15.6. The number of methoxy groups -OCH3 is 2. The summed E-state index contributed by atoms with van der Waals surface area (Å²) in [4.78, 5) is 22.1. The van der Waals surface area contributed by atoms with E-state index in [1.165, 1.54) is 19.2 Å². The number of amides is 2. The summed E-state index contributed by atoms with van der Waals surface area (Å²) in [7, 11) is 2.47. The largest absolute Gasteiger partial charge is 0.453 e. The molecule has 0 atom stereocenters. The van der Waals surface area contributed by atoms with E-state index in [9.17, 15) is 62.3 Å². The summed E-state index contributed by atoms with van der Waals surface area (Å²) in [5.41, 5.74) is -5.50. The summed E-state index contributed by atoms with van der Waals surface area (Å²) in [5, 5.41) is 4.94. The smallest absolute Gasteiger partial charge is 0.416 e. The molecule has 0 spiro atoms. The van der Waals surface area contributed by atoms with Crippen molar-refractivity contribution < 1.29 is 71.7 Å². The molecule has 0 aromatic heterocycles. The van der Waals surface area contributed by atoms with Gasteiger partial charge in [-0.05, 0) is 83.3 Å². The Bertz CT molecular complexity index is 2010. The van der Waals surface area contributed by atoms with E-state index in [1.807, 2.05) is 24.3 Å². The third kappa shape index (κ3) is 15.0. The number of para-hydroxylation sites is 2. The minimum absolute atomic E-state index is 0.0257. The summed E-state index contributed by atoms with van der Waals surface area (Å²) in [6, 6.07) is 15.6. The third-order valence-electron chi connectivity index (χ3n) is 6.33. The van der Waals surface area contributed by atoms with Crippen LogP contribution in [-0.4, -0.2) is 26.4 Å². The molecule has 0 radical (unpaired) electrons. The molecule has 4 aromatic carbocycles. The highest BCUT2D eigenvalue weighted by Crippen LogP contribution is 2.37. The normalized spacial score (nSPS) is 11.2. The van der Waals surface area contributed by atoms with E-state index in [4.69, 9.17) is 6.42 Å². The number of rotatable bonds is 2. The molecule has 0 unspecified atom stereocenters. The zero-order chi connectivity index (χ0) is 41.8. The molecule has 2 amide bonds. The van der Waals surface area contributed by atoms with E-state index in [2.05, 4.69) is 54.5 Å². The van der Waals surface area contributed by atoms with Crippen LogP contribution < -0.4 is 10.6 Å². The fraction of sp³-hybridized carbons (Fsp3) is 0.167. The van der Waals surface area contributed by atoms with Crippen LogP contribution in [0, 0.1) is 27.8 Å². The van der Waals surface area contributed by atoms with Gasteiger partial charge in [-0.1, -0.05) is 42.0 Å². The topological polar surface area (TPSA) is 76.7 Å². The molecule has 19 heteroatoms. The summed E-state index contributed by atoms with van der Waals surface area (Å²) < 4.78 is 161. The lowest BCUT2D eigenvalue weighted by Gasteiger charge is -2.12. The second-order valence-electron chi connectivity index (χ2n) is 10.2. The van der Waals surface area contributed by atoms with Crippen LogP contribution >= 0.6 is 22.6 Å². The van der Waals surface area contributed by atoms with Crippen LogP contribution in [0.1, 0.15) is 38.9 Å². The lowest BCUT2D eigenvalue weighted by atomic mass is 10.0. The second-order valence-corrected chi connectivity index (χ2v) is 11.4. The van der Waals surface area contributed by atoms with Crippen molar-refractivity contribution in [3.63, 3.8) is 0 Å². The summed E-state index contributed by atoms with van der Waals surface area (Å²) in [5.74, 6) is 6.49. The molecular formula is C36H23F12IN2O4. The average molecular weight is 902 g/mol. The highest BCUT2D eigenvalue weighted by atomic mass is 127. The Balaban J connectivity index is 0.000000315. The van der Waals surface area contributed by atoms with E-state index < -0.39 is 70.3 Å². The maximum atomic E-state index is 12.9. The Morgan fingerprint density at radius 1 is 0.564 bits per heavy atom. The van der Waals surface area contributed by atoms with Crippen molar-refractivity contribution >= 4 is 46.2 Å². The van der Waals surface area contributed by atoms with Crippen molar-refractivity contribution in [1.82, 2.24) is 0 Å². The summed E-state index contributed by atoms with van der Waals surface area (Å²) >= 11 is 2.14. The average Bonchev–Trinajstić information content (AvgIpc) is 3.10. The maximum Gasteiger partial charge on any atom is 0.416 e. The van der Waals surface area contributed by atoms with Gasteiger partial charge in [0.25, 0.3) is 0 Å². The summed E-state index contributed by atoms with van der Waals surface area (Å²) in [6.45, 7) is 0. The van der Waals surface area contributed by atoms with Gasteiger partial charge in [-0.3, -0.25) is 10.6 Å². The van der Waals surface area contributed by atoms with E-state index >= 15 is 0 Å². The molecule has 0 saturated carbocycles. The molecule has 6 nitrogen and oxygen atoms in total. The van der Waals surface area contributed by atoms with Gasteiger partial charge in [0.05, 0.1) is 47.8 Å². The van der Waals surface area contributed by atoms with Crippen LogP contribution in [0.2, 0.25) is 0 Å². The predicted octanol–water partition coefficient (Wildman–Crippen LogP) is 11.5. The summed E-state index contributed by atoms with van der Waals surface area (Å²) in [6.07, 6.45) is -16.1. The van der Waals surface area contributed by atoms with Gasteiger partial charge in [0, 0.05) is 20.3 Å². The fourth-order valence-electron chi connectivity index (χ4n) is 3.79. The van der Waals surface area contributed by atoms with E-state index in [-0.39, 0.29) is 23.4 Å². The van der Waals surface area contributed by atoms with Crippen LogP contribution in [0.15, 0.2) is 84.9 Å². The van der Waals surface area contributed by atoms with Gasteiger partial charge >= 0.3 is 36.9 Å². The first-order valence-electron chi connectivity index (χ1n) is 14.5.